The highest BCUT2D eigenvalue weighted by Gasteiger charge is 2.31. The van der Waals surface area contributed by atoms with Gasteiger partial charge in [-0.15, -0.1) is 0 Å². The lowest BCUT2D eigenvalue weighted by Gasteiger charge is -2.34. The first-order valence-electron chi connectivity index (χ1n) is 14.1. The van der Waals surface area contributed by atoms with Gasteiger partial charge in [-0.1, -0.05) is 42.0 Å². The summed E-state index contributed by atoms with van der Waals surface area (Å²) in [4.78, 5) is 32.8. The summed E-state index contributed by atoms with van der Waals surface area (Å²) in [6.07, 6.45) is -2.44. The summed E-state index contributed by atoms with van der Waals surface area (Å²) in [5.41, 5.74) is 5.41. The van der Waals surface area contributed by atoms with Crippen LogP contribution in [0.5, 0.6) is 0 Å². The summed E-state index contributed by atoms with van der Waals surface area (Å²) in [6.45, 7) is 4.37. The van der Waals surface area contributed by atoms with Gasteiger partial charge in [-0.3, -0.25) is 19.8 Å². The van der Waals surface area contributed by atoms with E-state index in [1.54, 1.807) is 17.0 Å². The number of nitro groups is 1. The number of aromatic nitrogens is 2. The van der Waals surface area contributed by atoms with Crippen molar-refractivity contribution in [2.45, 2.75) is 19.6 Å². The number of aryl methyl sites for hydroxylation is 1. The van der Waals surface area contributed by atoms with E-state index < -0.39 is 16.7 Å². The van der Waals surface area contributed by atoms with Crippen molar-refractivity contribution < 1.29 is 22.9 Å². The van der Waals surface area contributed by atoms with Gasteiger partial charge in [0.1, 0.15) is 5.65 Å². The molecule has 1 amide bonds. The number of carbonyl (C=O) groups excluding carboxylic acids is 1. The number of carbonyl (C=O) groups is 1. The smallest absolute Gasteiger partial charge is 0.336 e. The van der Waals surface area contributed by atoms with Gasteiger partial charge >= 0.3 is 6.18 Å². The van der Waals surface area contributed by atoms with Crippen LogP contribution in [0.2, 0.25) is 0 Å². The normalized spacial score (nSPS) is 14.2. The van der Waals surface area contributed by atoms with Gasteiger partial charge in [-0.05, 0) is 54.4 Å². The molecule has 0 radical (unpaired) electrons. The number of pyridine rings is 1. The van der Waals surface area contributed by atoms with Crippen molar-refractivity contribution in [2.75, 3.05) is 26.2 Å². The Bertz CT molecular complexity index is 1860. The van der Waals surface area contributed by atoms with Gasteiger partial charge in [0.05, 0.1) is 21.9 Å². The zero-order chi connectivity index (χ0) is 31.0. The molecule has 0 bridgehead atoms. The van der Waals surface area contributed by atoms with Crippen LogP contribution in [0, 0.1) is 17.0 Å². The van der Waals surface area contributed by atoms with Crippen molar-refractivity contribution in [1.82, 2.24) is 19.2 Å². The predicted octanol–water partition coefficient (Wildman–Crippen LogP) is 6.86. The summed E-state index contributed by atoms with van der Waals surface area (Å²) in [6, 6.07) is 22.8. The number of piperazine rings is 1. The van der Waals surface area contributed by atoms with Gasteiger partial charge < -0.3 is 9.30 Å². The topological polar surface area (TPSA) is 84.0 Å². The van der Waals surface area contributed by atoms with Crippen molar-refractivity contribution >= 4 is 17.2 Å². The average molecular weight is 600 g/mol. The number of halogens is 3. The maximum Gasteiger partial charge on any atom is 0.416 e. The predicted molar refractivity (Wildman–Crippen MR) is 160 cm³/mol. The molecular weight excluding hydrogens is 571 g/mol. The van der Waals surface area contributed by atoms with Crippen molar-refractivity contribution in [3.8, 4) is 22.4 Å². The third-order valence-electron chi connectivity index (χ3n) is 7.89. The Morgan fingerprint density at radius 1 is 0.886 bits per heavy atom. The molecule has 1 saturated heterocycles. The first-order valence-corrected chi connectivity index (χ1v) is 14.1. The highest BCUT2D eigenvalue weighted by Crippen LogP contribution is 2.32. The van der Waals surface area contributed by atoms with Gasteiger partial charge in [0.25, 0.3) is 11.6 Å². The fourth-order valence-corrected chi connectivity index (χ4v) is 5.54. The van der Waals surface area contributed by atoms with Crippen LogP contribution in [-0.2, 0) is 12.7 Å². The van der Waals surface area contributed by atoms with E-state index in [4.69, 9.17) is 4.98 Å². The van der Waals surface area contributed by atoms with Crippen LogP contribution in [0.25, 0.3) is 28.0 Å². The minimum atomic E-state index is -4.46. The van der Waals surface area contributed by atoms with Crippen LogP contribution in [0.4, 0.5) is 18.9 Å². The number of non-ortho nitro benzene ring substituents is 1. The van der Waals surface area contributed by atoms with Crippen molar-refractivity contribution in [2.24, 2.45) is 0 Å². The van der Waals surface area contributed by atoms with E-state index in [-0.39, 0.29) is 17.2 Å². The fourth-order valence-electron chi connectivity index (χ4n) is 5.54. The molecule has 0 atom stereocenters. The number of imidazole rings is 1. The molecule has 2 aromatic heterocycles. The molecule has 6 rings (SSSR count). The molecule has 0 saturated carbocycles. The molecule has 224 valence electrons. The largest absolute Gasteiger partial charge is 0.416 e. The first-order chi connectivity index (χ1) is 21.1. The standard InChI is InChI=1S/C33H28F3N5O3/c1-22-4-2-5-24(18-22)26-10-13-30-37-31(25-6-3-7-28(19-25)41(43)44)29(40(30)20-26)21-38-14-16-39(17-15-38)32(42)23-8-11-27(12-9-23)33(34,35)36/h2-13,18-20H,14-17,21H2,1H3. The minimum Gasteiger partial charge on any atom is -0.336 e. The van der Waals surface area contributed by atoms with Gasteiger partial charge in [0, 0.05) is 62.2 Å². The van der Waals surface area contributed by atoms with Crippen molar-refractivity contribution in [3.63, 3.8) is 0 Å². The van der Waals surface area contributed by atoms with Gasteiger partial charge in [-0.2, -0.15) is 13.2 Å². The maximum atomic E-state index is 13.0. The Kier molecular flexibility index (Phi) is 7.64. The molecule has 3 heterocycles. The van der Waals surface area contributed by atoms with Gasteiger partial charge in [-0.25, -0.2) is 4.98 Å². The molecule has 1 aliphatic rings. The fraction of sp³-hybridized carbons (Fsp3) is 0.212. The summed E-state index contributed by atoms with van der Waals surface area (Å²) >= 11 is 0. The number of rotatable bonds is 6. The number of benzene rings is 3. The number of fused-ring (bicyclic) bond motifs is 1. The van der Waals surface area contributed by atoms with Gasteiger partial charge in [0.2, 0.25) is 0 Å². The first kappa shape index (κ1) is 29.1. The minimum absolute atomic E-state index is 0.0265. The van der Waals surface area contributed by atoms with E-state index in [9.17, 15) is 28.1 Å². The summed E-state index contributed by atoms with van der Waals surface area (Å²) in [5, 5.41) is 11.5. The molecule has 0 aliphatic carbocycles. The average Bonchev–Trinajstić information content (AvgIpc) is 3.38. The van der Waals surface area contributed by atoms with E-state index in [1.165, 1.54) is 24.3 Å². The zero-order valence-corrected chi connectivity index (χ0v) is 23.8. The Balaban J connectivity index is 1.28. The molecule has 3 aromatic carbocycles. The SMILES string of the molecule is Cc1cccc(-c2ccc3nc(-c4cccc([N+](=O)[O-])c4)c(CN4CCN(C(=O)c5ccc(C(F)(F)F)cc5)CC4)n3c2)c1. The lowest BCUT2D eigenvalue weighted by atomic mass is 10.1. The third-order valence-corrected chi connectivity index (χ3v) is 7.89. The maximum absolute atomic E-state index is 13.0. The van der Waals surface area contributed by atoms with Crippen LogP contribution in [0.3, 0.4) is 0 Å². The molecule has 11 heteroatoms. The van der Waals surface area contributed by atoms with Crippen LogP contribution < -0.4 is 0 Å². The Morgan fingerprint density at radius 2 is 1.59 bits per heavy atom. The summed E-state index contributed by atoms with van der Waals surface area (Å²) in [5.74, 6) is -0.312. The van der Waals surface area contributed by atoms with Gasteiger partial charge in [0.15, 0.2) is 0 Å². The van der Waals surface area contributed by atoms with Crippen LogP contribution in [0.15, 0.2) is 91.1 Å². The number of amides is 1. The lowest BCUT2D eigenvalue weighted by molar-refractivity contribution is -0.384. The number of alkyl halides is 3. The molecule has 0 N–H and O–H groups in total. The van der Waals surface area contributed by atoms with E-state index in [1.807, 2.05) is 47.9 Å². The molecule has 0 unspecified atom stereocenters. The number of hydrogen-bond donors (Lipinski definition) is 0. The van der Waals surface area contributed by atoms with E-state index >= 15 is 0 Å². The highest BCUT2D eigenvalue weighted by molar-refractivity contribution is 5.94. The second kappa shape index (κ2) is 11.6. The third kappa shape index (κ3) is 5.91. The lowest BCUT2D eigenvalue weighted by Crippen LogP contribution is -2.48. The van der Waals surface area contributed by atoms with Crippen LogP contribution in [0.1, 0.15) is 27.2 Å². The number of hydrogen-bond acceptors (Lipinski definition) is 5. The second-order valence-electron chi connectivity index (χ2n) is 10.9. The molecule has 1 aliphatic heterocycles. The molecule has 8 nitrogen and oxygen atoms in total. The van der Waals surface area contributed by atoms with Crippen LogP contribution >= 0.6 is 0 Å². The number of nitro benzene ring substituents is 1. The molecule has 5 aromatic rings. The molecule has 1 fully saturated rings. The highest BCUT2D eigenvalue weighted by atomic mass is 19.4. The zero-order valence-electron chi connectivity index (χ0n) is 23.8. The Labute approximate surface area is 251 Å². The molecule has 44 heavy (non-hydrogen) atoms. The van der Waals surface area contributed by atoms with Crippen LogP contribution in [-0.4, -0.2) is 56.2 Å². The van der Waals surface area contributed by atoms with E-state index in [0.29, 0.717) is 49.6 Å². The van der Waals surface area contributed by atoms with Crippen molar-refractivity contribution in [3.05, 3.63) is 124 Å². The Morgan fingerprint density at radius 3 is 2.27 bits per heavy atom. The van der Waals surface area contributed by atoms with Crippen molar-refractivity contribution in [1.29, 1.82) is 0 Å². The molecular formula is C33H28F3N5O3. The quantitative estimate of drug-likeness (QED) is 0.157. The Hall–Kier alpha value is -5.03. The molecule has 0 spiro atoms. The monoisotopic (exact) mass is 599 g/mol. The van der Waals surface area contributed by atoms with E-state index in [0.717, 1.165) is 34.5 Å². The van der Waals surface area contributed by atoms with E-state index in [2.05, 4.69) is 11.0 Å². The summed E-state index contributed by atoms with van der Waals surface area (Å²) < 4.78 is 40.9. The summed E-state index contributed by atoms with van der Waals surface area (Å²) in [7, 11) is 0. The number of nitrogens with zero attached hydrogens (tertiary/aromatic N) is 5. The second-order valence-corrected chi connectivity index (χ2v) is 10.9.